The Morgan fingerprint density at radius 3 is 2.47 bits per heavy atom. The van der Waals surface area contributed by atoms with Gasteiger partial charge >= 0.3 is 11.9 Å². The third-order valence-electron chi connectivity index (χ3n) is 2.42. The van der Waals surface area contributed by atoms with Crippen LogP contribution in [0.5, 0.6) is 0 Å². The molecule has 1 aromatic rings. The monoisotopic (exact) mass is 264 g/mol. The fourth-order valence-electron chi connectivity index (χ4n) is 1.53. The van der Waals surface area contributed by atoms with Gasteiger partial charge in [-0.15, -0.1) is 0 Å². The highest BCUT2D eigenvalue weighted by molar-refractivity contribution is 5.85. The number of carbonyl (C=O) groups is 2. The van der Waals surface area contributed by atoms with Crippen molar-refractivity contribution >= 4 is 24.1 Å². The van der Waals surface area contributed by atoms with E-state index in [2.05, 4.69) is 4.98 Å². The molecule has 0 spiro atoms. The molecule has 0 aromatic carbocycles. The zero-order valence-electron chi connectivity index (χ0n) is 10.6. The van der Waals surface area contributed by atoms with Crippen molar-refractivity contribution < 1.29 is 19.8 Å². The number of unbranched alkanes of at least 4 members (excludes halogenated alkanes) is 1. The molecular weight excluding hydrogens is 248 g/mol. The van der Waals surface area contributed by atoms with Crippen LogP contribution in [0.1, 0.15) is 31.3 Å². The molecule has 0 aliphatic rings. The molecule has 1 rings (SSSR count). The maximum Gasteiger partial charge on any atom is 0.328 e. The Morgan fingerprint density at radius 2 is 1.89 bits per heavy atom. The molecule has 1 aromatic heterocycles. The van der Waals surface area contributed by atoms with Crippen molar-refractivity contribution in [2.24, 2.45) is 0 Å². The van der Waals surface area contributed by atoms with Crippen molar-refractivity contribution in [3.8, 4) is 0 Å². The molecule has 0 amide bonds. The zero-order chi connectivity index (χ0) is 14.3. The molecule has 0 radical (unpaired) electrons. The summed E-state index contributed by atoms with van der Waals surface area (Å²) in [5.74, 6) is -1.58. The van der Waals surface area contributed by atoms with Gasteiger partial charge in [-0.2, -0.15) is 0 Å². The van der Waals surface area contributed by atoms with Crippen LogP contribution in [0, 0.1) is 0 Å². The first-order valence-corrected chi connectivity index (χ1v) is 5.92. The van der Waals surface area contributed by atoms with Gasteiger partial charge in [0, 0.05) is 18.7 Å². The molecule has 1 heterocycles. The summed E-state index contributed by atoms with van der Waals surface area (Å²) in [7, 11) is 0. The number of aliphatic carboxylic acids is 2. The Morgan fingerprint density at radius 1 is 1.26 bits per heavy atom. The zero-order valence-corrected chi connectivity index (χ0v) is 10.6. The van der Waals surface area contributed by atoms with Crippen LogP contribution in [0.3, 0.4) is 0 Å². The van der Waals surface area contributed by atoms with E-state index >= 15 is 0 Å². The summed E-state index contributed by atoms with van der Waals surface area (Å²) in [5.41, 5.74) is 0.640. The quantitative estimate of drug-likeness (QED) is 0.733. The molecule has 0 unspecified atom stereocenters. The topological polar surface area (TPSA) is 92.4 Å². The fourth-order valence-corrected chi connectivity index (χ4v) is 1.53. The second-order valence-electron chi connectivity index (χ2n) is 3.89. The summed E-state index contributed by atoms with van der Waals surface area (Å²) in [6.07, 6.45) is 8.29. The summed E-state index contributed by atoms with van der Waals surface area (Å²) in [5, 5.41) is 17.2. The minimum Gasteiger partial charge on any atom is -0.478 e. The van der Waals surface area contributed by atoms with Crippen LogP contribution in [-0.2, 0) is 16.1 Å². The lowest BCUT2D eigenvalue weighted by atomic mass is 10.3. The lowest BCUT2D eigenvalue weighted by Crippen LogP contribution is -2.03. The van der Waals surface area contributed by atoms with Gasteiger partial charge in [-0.05, 0) is 18.6 Å². The number of hydrogen-bond acceptors (Lipinski definition) is 3. The molecular formula is C13H16N2O4. The smallest absolute Gasteiger partial charge is 0.328 e. The van der Waals surface area contributed by atoms with E-state index in [1.807, 2.05) is 6.92 Å². The van der Waals surface area contributed by atoms with Gasteiger partial charge in [-0.1, -0.05) is 13.3 Å². The maximum absolute atomic E-state index is 10.5. The summed E-state index contributed by atoms with van der Waals surface area (Å²) in [4.78, 5) is 25.1. The van der Waals surface area contributed by atoms with Crippen LogP contribution in [0.2, 0.25) is 0 Å². The molecule has 0 aliphatic heterocycles. The lowest BCUT2D eigenvalue weighted by molar-refractivity contribution is -0.132. The Balaban J connectivity index is 3.03. The number of aromatic nitrogens is 2. The van der Waals surface area contributed by atoms with Crippen molar-refractivity contribution in [1.29, 1.82) is 0 Å². The van der Waals surface area contributed by atoms with Gasteiger partial charge in [0.2, 0.25) is 0 Å². The van der Waals surface area contributed by atoms with Crippen molar-refractivity contribution in [2.75, 3.05) is 0 Å². The number of hydrogen-bond donors (Lipinski definition) is 2. The summed E-state index contributed by atoms with van der Waals surface area (Å²) in [6.45, 7) is 2.70. The van der Waals surface area contributed by atoms with Gasteiger partial charge in [0.25, 0.3) is 0 Å². The van der Waals surface area contributed by atoms with Crippen LogP contribution in [0.15, 0.2) is 18.3 Å². The van der Waals surface area contributed by atoms with Crippen LogP contribution in [-0.4, -0.2) is 31.7 Å². The van der Waals surface area contributed by atoms with E-state index in [-0.39, 0.29) is 0 Å². The first kappa shape index (κ1) is 14.7. The van der Waals surface area contributed by atoms with Gasteiger partial charge in [-0.3, -0.25) is 0 Å². The van der Waals surface area contributed by atoms with E-state index in [1.165, 1.54) is 18.3 Å². The van der Waals surface area contributed by atoms with Gasteiger partial charge in [0.15, 0.2) is 0 Å². The highest BCUT2D eigenvalue weighted by atomic mass is 16.4. The molecule has 19 heavy (non-hydrogen) atoms. The third-order valence-corrected chi connectivity index (χ3v) is 2.42. The highest BCUT2D eigenvalue weighted by Crippen LogP contribution is 2.11. The largest absolute Gasteiger partial charge is 0.478 e. The van der Waals surface area contributed by atoms with Crippen LogP contribution in [0.25, 0.3) is 12.2 Å². The summed E-state index contributed by atoms with van der Waals surface area (Å²) >= 11 is 0. The molecule has 0 saturated heterocycles. The van der Waals surface area contributed by atoms with E-state index in [0.29, 0.717) is 18.1 Å². The van der Waals surface area contributed by atoms with Crippen LogP contribution < -0.4 is 0 Å². The van der Waals surface area contributed by atoms with Gasteiger partial charge in [-0.25, -0.2) is 14.6 Å². The standard InChI is InChI=1S/C13H16N2O4/c1-2-3-8-15-10(4-6-12(16)17)9-14-11(15)5-7-13(18)19/h4-7,9H,2-3,8H2,1H3,(H,16,17)(H,18,19). The predicted octanol–water partition coefficient (Wildman–Crippen LogP) is 1.88. The predicted molar refractivity (Wildman–Crippen MR) is 70.5 cm³/mol. The Hall–Kier alpha value is -2.37. The third kappa shape index (κ3) is 4.79. The molecule has 2 N–H and O–H groups in total. The SMILES string of the molecule is CCCCn1c(C=CC(=O)O)cnc1C=CC(=O)O. The van der Waals surface area contributed by atoms with Crippen LogP contribution >= 0.6 is 0 Å². The molecule has 0 saturated carbocycles. The first-order valence-electron chi connectivity index (χ1n) is 5.92. The van der Waals surface area contributed by atoms with Gasteiger partial charge < -0.3 is 14.8 Å². The number of imidazole rings is 1. The number of rotatable bonds is 7. The van der Waals surface area contributed by atoms with Crippen molar-refractivity contribution in [3.63, 3.8) is 0 Å². The molecule has 0 atom stereocenters. The summed E-state index contributed by atoms with van der Waals surface area (Å²) < 4.78 is 1.79. The lowest BCUT2D eigenvalue weighted by Gasteiger charge is -2.06. The average Bonchev–Trinajstić information content (AvgIpc) is 2.73. The highest BCUT2D eigenvalue weighted by Gasteiger charge is 2.06. The fraction of sp³-hybridized carbons (Fsp3) is 0.308. The second kappa shape index (κ2) is 7.15. The van der Waals surface area contributed by atoms with Crippen molar-refractivity contribution in [2.45, 2.75) is 26.3 Å². The van der Waals surface area contributed by atoms with Crippen molar-refractivity contribution in [3.05, 3.63) is 29.9 Å². The minimum absolute atomic E-state index is 0.501. The Kier molecular flexibility index (Phi) is 5.53. The van der Waals surface area contributed by atoms with Gasteiger partial charge in [0.05, 0.1) is 11.9 Å². The van der Waals surface area contributed by atoms with Crippen molar-refractivity contribution in [1.82, 2.24) is 9.55 Å². The molecule has 6 heteroatoms. The first-order chi connectivity index (χ1) is 9.04. The Bertz CT molecular complexity index is 473. The maximum atomic E-state index is 10.5. The number of carboxylic acid groups (broad SMARTS) is 2. The molecule has 0 bridgehead atoms. The Labute approximate surface area is 110 Å². The molecule has 0 fully saturated rings. The van der Waals surface area contributed by atoms with E-state index in [9.17, 15) is 9.59 Å². The van der Waals surface area contributed by atoms with Gasteiger partial charge in [0.1, 0.15) is 5.82 Å². The average molecular weight is 264 g/mol. The summed E-state index contributed by atoms with van der Waals surface area (Å²) in [6, 6.07) is 0. The van der Waals surface area contributed by atoms with E-state index < -0.39 is 11.9 Å². The minimum atomic E-state index is -1.05. The second-order valence-corrected chi connectivity index (χ2v) is 3.89. The van der Waals surface area contributed by atoms with Crippen LogP contribution in [0.4, 0.5) is 0 Å². The normalized spacial score (nSPS) is 11.4. The number of nitrogens with zero attached hydrogens (tertiary/aromatic N) is 2. The number of carboxylic acids is 2. The molecule has 102 valence electrons. The molecule has 6 nitrogen and oxygen atoms in total. The molecule has 0 aliphatic carbocycles. The van der Waals surface area contributed by atoms with E-state index in [0.717, 1.165) is 25.0 Å². The van der Waals surface area contributed by atoms with E-state index in [4.69, 9.17) is 10.2 Å². The van der Waals surface area contributed by atoms with E-state index in [1.54, 1.807) is 4.57 Å².